The highest BCUT2D eigenvalue weighted by Gasteiger charge is 2.92. The van der Waals surface area contributed by atoms with Crippen LogP contribution in [0.5, 0.6) is 0 Å². The molecule has 6 aliphatic rings. The lowest BCUT2D eigenvalue weighted by Gasteiger charge is -2.70. The highest BCUT2D eigenvalue weighted by atomic mass is 16.6. The van der Waals surface area contributed by atoms with E-state index in [0.717, 1.165) is 0 Å². The summed E-state index contributed by atoms with van der Waals surface area (Å²) in [6, 6.07) is 8.11. The van der Waals surface area contributed by atoms with Crippen LogP contribution in [-0.2, 0) is 42.7 Å². The van der Waals surface area contributed by atoms with Crippen LogP contribution >= 0.6 is 0 Å². The number of carbonyl (C=O) groups is 3. The summed E-state index contributed by atoms with van der Waals surface area (Å²) in [4.78, 5) is 41.6. The van der Waals surface area contributed by atoms with Gasteiger partial charge < -0.3 is 43.4 Å². The Morgan fingerprint density at radius 1 is 0.857 bits per heavy atom. The van der Waals surface area contributed by atoms with Crippen LogP contribution in [0.3, 0.4) is 0 Å². The summed E-state index contributed by atoms with van der Waals surface area (Å²) < 4.78 is 43.4. The molecule has 0 radical (unpaired) electrons. The summed E-state index contributed by atoms with van der Waals surface area (Å²) >= 11 is 0. The summed E-state index contributed by atoms with van der Waals surface area (Å²) in [5.41, 5.74) is -5.09. The van der Waals surface area contributed by atoms with E-state index in [-0.39, 0.29) is 19.1 Å². The molecule has 1 spiro atoms. The van der Waals surface area contributed by atoms with Gasteiger partial charge in [0.1, 0.15) is 29.5 Å². The highest BCUT2D eigenvalue weighted by molar-refractivity contribution is 5.89. The van der Waals surface area contributed by atoms with Crippen LogP contribution in [0.2, 0.25) is 0 Å². The van der Waals surface area contributed by atoms with E-state index in [2.05, 4.69) is 4.90 Å². The number of hydrogen-bond acceptors (Lipinski definition) is 13. The maximum Gasteiger partial charge on any atom is 0.338 e. The number of aliphatic hydroxyl groups is 2. The fourth-order valence-corrected chi connectivity index (χ4v) is 12.5. The molecule has 1 aromatic carbocycles. The van der Waals surface area contributed by atoms with Crippen molar-refractivity contribution in [2.45, 2.75) is 87.5 Å². The summed E-state index contributed by atoms with van der Waals surface area (Å²) in [6.45, 7) is 5.96. The van der Waals surface area contributed by atoms with Gasteiger partial charge in [-0.1, -0.05) is 25.1 Å². The fraction of sp³-hybridized carbons (Fsp3) is 0.750. The maximum absolute atomic E-state index is 13.8. The molecule has 270 valence electrons. The quantitative estimate of drug-likeness (QED) is 0.267. The van der Waals surface area contributed by atoms with Crippen molar-refractivity contribution in [3.05, 3.63) is 35.9 Å². The first kappa shape index (κ1) is 34.8. The third-order valence-corrected chi connectivity index (χ3v) is 13.4. The molecular weight excluding hydrogens is 638 g/mol. The van der Waals surface area contributed by atoms with Crippen molar-refractivity contribution in [3.63, 3.8) is 0 Å². The smallest absolute Gasteiger partial charge is 0.338 e. The van der Waals surface area contributed by atoms with Crippen molar-refractivity contribution in [2.75, 3.05) is 48.1 Å². The van der Waals surface area contributed by atoms with Crippen LogP contribution in [-0.4, -0.2) is 135 Å². The molecule has 49 heavy (non-hydrogen) atoms. The van der Waals surface area contributed by atoms with Gasteiger partial charge in [-0.05, 0) is 31.0 Å². The molecule has 0 aromatic heterocycles. The zero-order valence-corrected chi connectivity index (χ0v) is 29.2. The van der Waals surface area contributed by atoms with Gasteiger partial charge in [0.25, 0.3) is 0 Å². The Kier molecular flexibility index (Phi) is 8.49. The van der Waals surface area contributed by atoms with Crippen LogP contribution in [0.1, 0.15) is 44.0 Å². The lowest BCUT2D eigenvalue weighted by molar-refractivity contribution is -0.322. The summed E-state index contributed by atoms with van der Waals surface area (Å²) in [5, 5.41) is 26.6. The molecule has 7 rings (SSSR count). The monoisotopic (exact) mass is 687 g/mol. The number of esters is 3. The molecule has 1 aromatic rings. The second kappa shape index (κ2) is 12.0. The van der Waals surface area contributed by atoms with Gasteiger partial charge in [-0.15, -0.1) is 0 Å². The van der Waals surface area contributed by atoms with E-state index in [9.17, 15) is 24.6 Å². The minimum atomic E-state index is -1.90. The predicted octanol–water partition coefficient (Wildman–Crippen LogP) is 1.22. The van der Waals surface area contributed by atoms with Crippen molar-refractivity contribution < 1.29 is 57.8 Å². The highest BCUT2D eigenvalue weighted by Crippen LogP contribution is 2.80. The first-order valence-electron chi connectivity index (χ1n) is 17.2. The molecule has 1 aliphatic heterocycles. The molecule has 0 amide bonds. The molecule has 1 heterocycles. The molecule has 13 nitrogen and oxygen atoms in total. The Morgan fingerprint density at radius 2 is 1.55 bits per heavy atom. The standard InChI is InChI=1S/C36H49NO12/c1-8-37-16-33(17-43-4)22(47-18(2)38)14-23(44-5)35-21-15-34(41)29(49-32(40)20-12-10-9-11-13-20)24(21)36(42,31(30(34)46-7)48-19(3)39)25(28(35)37)26(45-6)27(33)35/h9-13,21-31,41-42H,8,14-17H2,1-7H3/t21-,22-,23?,24-,25?,26?,27-,28?,29-,30+,31+,33+,34-,35?,36-/m1/s1. The van der Waals surface area contributed by atoms with Gasteiger partial charge in [-0.2, -0.15) is 0 Å². The molecule has 7 bridgehead atoms. The van der Waals surface area contributed by atoms with Crippen molar-refractivity contribution in [1.82, 2.24) is 4.90 Å². The molecule has 13 heteroatoms. The van der Waals surface area contributed by atoms with Crippen LogP contribution in [0.4, 0.5) is 0 Å². The molecule has 5 aliphatic carbocycles. The minimum Gasteiger partial charge on any atom is -0.462 e. The van der Waals surface area contributed by atoms with Gasteiger partial charge >= 0.3 is 17.9 Å². The third kappa shape index (κ3) is 4.27. The summed E-state index contributed by atoms with van der Waals surface area (Å²) in [7, 11) is 6.26. The Bertz CT molecular complexity index is 1480. The van der Waals surface area contributed by atoms with E-state index >= 15 is 0 Å². The number of benzene rings is 1. The second-order valence-corrected chi connectivity index (χ2v) is 15.0. The van der Waals surface area contributed by atoms with E-state index < -0.39 is 100 Å². The van der Waals surface area contributed by atoms with E-state index in [0.29, 0.717) is 25.1 Å². The van der Waals surface area contributed by atoms with E-state index in [1.165, 1.54) is 21.0 Å². The molecule has 5 unspecified atom stereocenters. The number of ether oxygens (including phenoxy) is 7. The van der Waals surface area contributed by atoms with Crippen LogP contribution in [0.25, 0.3) is 0 Å². The van der Waals surface area contributed by atoms with Gasteiger partial charge in [0.05, 0.1) is 24.4 Å². The van der Waals surface area contributed by atoms with Gasteiger partial charge in [0.15, 0.2) is 6.10 Å². The number of carbonyl (C=O) groups excluding carboxylic acids is 3. The third-order valence-electron chi connectivity index (χ3n) is 13.4. The normalized spacial score (nSPS) is 47.4. The molecule has 1 saturated heterocycles. The number of rotatable bonds is 10. The number of nitrogens with zero attached hydrogens (tertiary/aromatic N) is 1. The molecular formula is C36H49NO12. The predicted molar refractivity (Wildman–Crippen MR) is 170 cm³/mol. The lowest BCUT2D eigenvalue weighted by Crippen LogP contribution is -2.81. The summed E-state index contributed by atoms with van der Waals surface area (Å²) in [6.07, 6.45) is -5.22. The van der Waals surface area contributed by atoms with Gasteiger partial charge in [0.2, 0.25) is 0 Å². The number of hydrogen-bond donors (Lipinski definition) is 2. The van der Waals surface area contributed by atoms with Gasteiger partial charge in [-0.3, -0.25) is 14.5 Å². The van der Waals surface area contributed by atoms with Crippen LogP contribution in [0, 0.1) is 34.5 Å². The van der Waals surface area contributed by atoms with Crippen LogP contribution < -0.4 is 0 Å². The SMILES string of the molecule is CCN1C[C@]2(COC)[C@H](OC(C)=O)CC(OC)C34C1C(C(OC)[C@@H]32)[C@]1(O)[C@@H]2[C@H]4C[C@@](O)([C@@H]2OC(=O)c2ccccc2)[C@@H](OC)[C@@H]1OC(C)=O. The van der Waals surface area contributed by atoms with Crippen molar-refractivity contribution >= 4 is 17.9 Å². The Hall–Kier alpha value is -2.65. The Labute approximate surface area is 286 Å². The largest absolute Gasteiger partial charge is 0.462 e. The first-order chi connectivity index (χ1) is 23.4. The average Bonchev–Trinajstić information content (AvgIpc) is 3.45. The van der Waals surface area contributed by atoms with Crippen LogP contribution in [0.15, 0.2) is 30.3 Å². The van der Waals surface area contributed by atoms with Gasteiger partial charge in [-0.25, -0.2) is 4.79 Å². The van der Waals surface area contributed by atoms with E-state index in [1.807, 2.05) is 6.92 Å². The molecule has 15 atom stereocenters. The Morgan fingerprint density at radius 3 is 2.12 bits per heavy atom. The maximum atomic E-state index is 13.8. The zero-order valence-electron chi connectivity index (χ0n) is 29.2. The van der Waals surface area contributed by atoms with Crippen molar-refractivity contribution in [3.8, 4) is 0 Å². The molecule has 2 N–H and O–H groups in total. The van der Waals surface area contributed by atoms with Crippen molar-refractivity contribution in [2.24, 2.45) is 34.5 Å². The zero-order chi connectivity index (χ0) is 35.3. The molecule has 6 fully saturated rings. The van der Waals surface area contributed by atoms with E-state index in [4.69, 9.17) is 33.2 Å². The topological polar surface area (TPSA) is 160 Å². The minimum absolute atomic E-state index is 0.0534. The molecule has 5 saturated carbocycles. The number of methoxy groups -OCH3 is 4. The van der Waals surface area contributed by atoms with Gasteiger partial charge in [0, 0.05) is 89.9 Å². The first-order valence-corrected chi connectivity index (χ1v) is 17.2. The lowest BCUT2D eigenvalue weighted by atomic mass is 9.42. The van der Waals surface area contributed by atoms with Crippen molar-refractivity contribution in [1.29, 1.82) is 0 Å². The number of fused-ring (bicyclic) bond motifs is 2. The van der Waals surface area contributed by atoms with E-state index in [1.54, 1.807) is 51.7 Å². The average molecular weight is 688 g/mol. The number of likely N-dealkylation sites (tertiary alicyclic amines) is 1. The Balaban J connectivity index is 1.51. The number of piperidine rings is 1. The second-order valence-electron chi connectivity index (χ2n) is 15.0. The summed E-state index contributed by atoms with van der Waals surface area (Å²) in [5.74, 6) is -4.34. The fourth-order valence-electron chi connectivity index (χ4n) is 12.5.